The minimum Gasteiger partial charge on any atom is -0.494 e. The van der Waals surface area contributed by atoms with Gasteiger partial charge in [-0.05, 0) is 74.0 Å². The Morgan fingerprint density at radius 1 is 0.841 bits per heavy atom. The molecule has 44 heavy (non-hydrogen) atoms. The number of hydrogen-bond acceptors (Lipinski definition) is 5. The Balaban J connectivity index is 0.000000566. The van der Waals surface area contributed by atoms with Crippen molar-refractivity contribution in [3.8, 4) is 5.75 Å². The van der Waals surface area contributed by atoms with E-state index in [2.05, 4.69) is 100 Å². The van der Waals surface area contributed by atoms with E-state index < -0.39 is 12.1 Å². The standard InChI is InChI=1S/C33H43N3O.C2HF3O2/c1-4-11-29(12-5-1)33(30-13-6-2-7-14-30)36-24-19-31(20-25-36)34-27-28-15-17-32(18-16-28)37-26-10-23-35-21-8-3-9-22-35;3-2(4,5)1(6)7/h1-2,4-7,11-18,31,33-34H,3,8-10,19-27H2;(H,6,7). The average Bonchev–Trinajstić information content (AvgIpc) is 3.05. The lowest BCUT2D eigenvalue weighted by atomic mass is 9.94. The molecule has 2 N–H and O–H groups in total. The van der Waals surface area contributed by atoms with Gasteiger partial charge in [0.1, 0.15) is 5.75 Å². The first kappa shape index (κ1) is 33.5. The predicted octanol–water partition coefficient (Wildman–Crippen LogP) is 6.92. The summed E-state index contributed by atoms with van der Waals surface area (Å²) >= 11 is 0. The maximum absolute atomic E-state index is 10.6. The van der Waals surface area contributed by atoms with Crippen molar-refractivity contribution in [2.45, 2.75) is 63.3 Å². The number of ether oxygens (including phenoxy) is 1. The molecule has 5 rings (SSSR count). The summed E-state index contributed by atoms with van der Waals surface area (Å²) < 4.78 is 37.7. The molecule has 0 radical (unpaired) electrons. The molecule has 0 bridgehead atoms. The quantitative estimate of drug-likeness (QED) is 0.230. The summed E-state index contributed by atoms with van der Waals surface area (Å²) in [6.07, 6.45) is 2.49. The predicted molar refractivity (Wildman–Crippen MR) is 167 cm³/mol. The fourth-order valence-electron chi connectivity index (χ4n) is 5.87. The summed E-state index contributed by atoms with van der Waals surface area (Å²) in [4.78, 5) is 14.1. The Morgan fingerprint density at radius 3 is 1.91 bits per heavy atom. The molecule has 2 saturated heterocycles. The molecule has 0 aromatic heterocycles. The fraction of sp³-hybridized carbons (Fsp3) is 0.457. The van der Waals surface area contributed by atoms with Crippen LogP contribution in [0, 0.1) is 0 Å². The Kier molecular flexibility index (Phi) is 13.1. The number of carboxylic acids is 1. The molecule has 2 aliphatic heterocycles. The lowest BCUT2D eigenvalue weighted by Crippen LogP contribution is -2.43. The Bertz CT molecular complexity index is 1190. The van der Waals surface area contributed by atoms with Gasteiger partial charge >= 0.3 is 12.1 Å². The van der Waals surface area contributed by atoms with Gasteiger partial charge in [-0.15, -0.1) is 0 Å². The number of aliphatic carboxylic acids is 1. The zero-order valence-electron chi connectivity index (χ0n) is 25.2. The van der Waals surface area contributed by atoms with Gasteiger partial charge in [-0.3, -0.25) is 4.90 Å². The summed E-state index contributed by atoms with van der Waals surface area (Å²) in [5, 5.41) is 10.9. The van der Waals surface area contributed by atoms with Crippen molar-refractivity contribution in [2.24, 2.45) is 0 Å². The van der Waals surface area contributed by atoms with Crippen LogP contribution in [0.2, 0.25) is 0 Å². The molecule has 2 aliphatic rings. The molecule has 0 atom stereocenters. The fourth-order valence-corrected chi connectivity index (χ4v) is 5.87. The number of hydrogen-bond donors (Lipinski definition) is 2. The smallest absolute Gasteiger partial charge is 0.490 e. The first-order chi connectivity index (χ1) is 21.3. The van der Waals surface area contributed by atoms with Crippen LogP contribution in [0.5, 0.6) is 5.75 Å². The molecular formula is C35H44F3N3O3. The minimum absolute atomic E-state index is 0.329. The van der Waals surface area contributed by atoms with E-state index in [1.54, 1.807) is 0 Å². The number of alkyl halides is 3. The van der Waals surface area contributed by atoms with Crippen LogP contribution in [0.4, 0.5) is 13.2 Å². The average molecular weight is 612 g/mol. The molecule has 2 heterocycles. The zero-order chi connectivity index (χ0) is 31.2. The van der Waals surface area contributed by atoms with Crippen LogP contribution in [0.15, 0.2) is 84.9 Å². The van der Waals surface area contributed by atoms with E-state index in [-0.39, 0.29) is 0 Å². The molecule has 6 nitrogen and oxygen atoms in total. The van der Waals surface area contributed by atoms with Crippen molar-refractivity contribution < 1.29 is 27.8 Å². The van der Waals surface area contributed by atoms with E-state index >= 15 is 0 Å². The van der Waals surface area contributed by atoms with Gasteiger partial charge in [-0.1, -0.05) is 79.2 Å². The van der Waals surface area contributed by atoms with Crippen molar-refractivity contribution in [1.82, 2.24) is 15.1 Å². The third-order valence-corrected chi connectivity index (χ3v) is 8.22. The van der Waals surface area contributed by atoms with Crippen LogP contribution in [0.25, 0.3) is 0 Å². The van der Waals surface area contributed by atoms with E-state index in [9.17, 15) is 13.2 Å². The summed E-state index contributed by atoms with van der Waals surface area (Å²) in [6, 6.07) is 31.5. The van der Waals surface area contributed by atoms with Crippen LogP contribution < -0.4 is 10.1 Å². The van der Waals surface area contributed by atoms with E-state index in [4.69, 9.17) is 14.6 Å². The molecule has 2 fully saturated rings. The summed E-state index contributed by atoms with van der Waals surface area (Å²) in [5.74, 6) is -1.77. The van der Waals surface area contributed by atoms with Crippen molar-refractivity contribution in [3.63, 3.8) is 0 Å². The number of benzene rings is 3. The second-order valence-corrected chi connectivity index (χ2v) is 11.5. The second-order valence-electron chi connectivity index (χ2n) is 11.5. The van der Waals surface area contributed by atoms with Gasteiger partial charge < -0.3 is 20.1 Å². The van der Waals surface area contributed by atoms with Crippen LogP contribution in [0.1, 0.15) is 61.3 Å². The number of piperidine rings is 2. The second kappa shape index (κ2) is 17.2. The zero-order valence-corrected chi connectivity index (χ0v) is 25.2. The molecule has 3 aromatic rings. The monoisotopic (exact) mass is 611 g/mol. The van der Waals surface area contributed by atoms with Crippen molar-refractivity contribution in [2.75, 3.05) is 39.3 Å². The lowest BCUT2D eigenvalue weighted by molar-refractivity contribution is -0.192. The van der Waals surface area contributed by atoms with E-state index in [0.717, 1.165) is 45.0 Å². The molecule has 238 valence electrons. The molecule has 0 unspecified atom stereocenters. The minimum atomic E-state index is -5.08. The number of rotatable bonds is 11. The Morgan fingerprint density at radius 2 is 1.39 bits per heavy atom. The third kappa shape index (κ3) is 10.9. The number of carboxylic acid groups (broad SMARTS) is 1. The number of halogens is 3. The first-order valence-electron chi connectivity index (χ1n) is 15.6. The van der Waals surface area contributed by atoms with Gasteiger partial charge in [0.15, 0.2) is 0 Å². The molecule has 9 heteroatoms. The van der Waals surface area contributed by atoms with Gasteiger partial charge in [-0.2, -0.15) is 13.2 Å². The number of carbonyl (C=O) groups is 1. The normalized spacial score (nSPS) is 16.7. The molecule has 3 aromatic carbocycles. The Labute approximate surface area is 258 Å². The SMILES string of the molecule is O=C(O)C(F)(F)F.c1ccc(C(c2ccccc2)N2CCC(NCc3ccc(OCCCN4CCCCC4)cc3)CC2)cc1. The lowest BCUT2D eigenvalue weighted by Gasteiger charge is -2.38. The van der Waals surface area contributed by atoms with Gasteiger partial charge in [0.05, 0.1) is 12.6 Å². The summed E-state index contributed by atoms with van der Waals surface area (Å²) in [5.41, 5.74) is 4.09. The largest absolute Gasteiger partial charge is 0.494 e. The highest BCUT2D eigenvalue weighted by Crippen LogP contribution is 2.31. The van der Waals surface area contributed by atoms with E-state index in [0.29, 0.717) is 12.1 Å². The first-order valence-corrected chi connectivity index (χ1v) is 15.6. The highest BCUT2D eigenvalue weighted by atomic mass is 19.4. The molecule has 0 amide bonds. The summed E-state index contributed by atoms with van der Waals surface area (Å²) in [6.45, 7) is 7.63. The molecule has 0 saturated carbocycles. The van der Waals surface area contributed by atoms with Gasteiger partial charge in [0, 0.05) is 32.2 Å². The van der Waals surface area contributed by atoms with Crippen molar-refractivity contribution in [1.29, 1.82) is 0 Å². The summed E-state index contributed by atoms with van der Waals surface area (Å²) in [7, 11) is 0. The highest BCUT2D eigenvalue weighted by molar-refractivity contribution is 5.73. The van der Waals surface area contributed by atoms with E-state index in [1.165, 1.54) is 61.9 Å². The number of nitrogens with one attached hydrogen (secondary N) is 1. The number of likely N-dealkylation sites (tertiary alicyclic amines) is 2. The van der Waals surface area contributed by atoms with Crippen molar-refractivity contribution in [3.05, 3.63) is 102 Å². The highest BCUT2D eigenvalue weighted by Gasteiger charge is 2.38. The molecule has 0 spiro atoms. The molecular weight excluding hydrogens is 567 g/mol. The topological polar surface area (TPSA) is 65.0 Å². The third-order valence-electron chi connectivity index (χ3n) is 8.22. The van der Waals surface area contributed by atoms with Crippen molar-refractivity contribution >= 4 is 5.97 Å². The van der Waals surface area contributed by atoms with Crippen LogP contribution in [-0.4, -0.2) is 72.4 Å². The van der Waals surface area contributed by atoms with Crippen LogP contribution in [0.3, 0.4) is 0 Å². The van der Waals surface area contributed by atoms with E-state index in [1.807, 2.05) is 0 Å². The van der Waals surface area contributed by atoms with Crippen LogP contribution in [-0.2, 0) is 11.3 Å². The van der Waals surface area contributed by atoms with Gasteiger partial charge in [-0.25, -0.2) is 4.79 Å². The molecule has 0 aliphatic carbocycles. The number of nitrogens with zero attached hydrogens (tertiary/aromatic N) is 2. The van der Waals surface area contributed by atoms with Crippen LogP contribution >= 0.6 is 0 Å². The van der Waals surface area contributed by atoms with Gasteiger partial charge in [0.25, 0.3) is 0 Å². The van der Waals surface area contributed by atoms with Gasteiger partial charge in [0.2, 0.25) is 0 Å². The maximum atomic E-state index is 10.6. The Hall–Kier alpha value is -3.40. The maximum Gasteiger partial charge on any atom is 0.490 e.